The van der Waals surface area contributed by atoms with Crippen LogP contribution in [0.2, 0.25) is 0 Å². The number of halogens is 1. The highest BCUT2D eigenvalue weighted by molar-refractivity contribution is 6.17. The summed E-state index contributed by atoms with van der Waals surface area (Å²) in [4.78, 5) is 30.3. The van der Waals surface area contributed by atoms with Gasteiger partial charge in [-0.3, -0.25) is 0 Å². The van der Waals surface area contributed by atoms with Crippen molar-refractivity contribution in [2.24, 2.45) is 0 Å². The van der Waals surface area contributed by atoms with Crippen molar-refractivity contribution in [2.45, 2.75) is 26.7 Å². The third-order valence-corrected chi connectivity index (χ3v) is 2.52. The van der Waals surface area contributed by atoms with E-state index in [0.717, 1.165) is 0 Å². The lowest BCUT2D eigenvalue weighted by Crippen LogP contribution is -2.13. The summed E-state index contributed by atoms with van der Waals surface area (Å²) in [5.41, 5.74) is -0.00487. The molecule has 19 heavy (non-hydrogen) atoms. The molecular formula is C12H17ClN2O4. The van der Waals surface area contributed by atoms with Gasteiger partial charge in [0.1, 0.15) is 5.82 Å². The number of ether oxygens (including phenoxy) is 2. The Balaban J connectivity index is 2.99. The summed E-state index contributed by atoms with van der Waals surface area (Å²) in [6, 6.07) is 0. The van der Waals surface area contributed by atoms with E-state index in [1.165, 1.54) is 0 Å². The molecule has 0 unspecified atom stereocenters. The first-order valence-corrected chi connectivity index (χ1v) is 6.66. The molecule has 0 amide bonds. The predicted octanol–water partition coefficient (Wildman–Crippen LogP) is 1.93. The van der Waals surface area contributed by atoms with Crippen LogP contribution >= 0.6 is 11.6 Å². The number of H-pyrrole nitrogens is 1. The Morgan fingerprint density at radius 3 is 2.42 bits per heavy atom. The number of esters is 2. The number of aromatic nitrogens is 2. The van der Waals surface area contributed by atoms with E-state index in [9.17, 15) is 9.59 Å². The van der Waals surface area contributed by atoms with Crippen LogP contribution in [0, 0.1) is 0 Å². The third kappa shape index (κ3) is 4.24. The minimum absolute atomic E-state index is 0.0323. The van der Waals surface area contributed by atoms with E-state index >= 15 is 0 Å². The van der Waals surface area contributed by atoms with Gasteiger partial charge in [0, 0.05) is 12.3 Å². The van der Waals surface area contributed by atoms with Crippen LogP contribution in [0.1, 0.15) is 47.1 Å². The number of carbonyl (C=O) groups is 2. The number of carbonyl (C=O) groups excluding carboxylic acids is 2. The highest BCUT2D eigenvalue weighted by Crippen LogP contribution is 2.11. The van der Waals surface area contributed by atoms with Gasteiger partial charge in [0.05, 0.1) is 13.2 Å². The van der Waals surface area contributed by atoms with E-state index in [1.807, 2.05) is 0 Å². The smallest absolute Gasteiger partial charge is 0.359 e. The molecule has 0 saturated carbocycles. The largest absolute Gasteiger partial charge is 0.461 e. The highest BCUT2D eigenvalue weighted by Gasteiger charge is 2.24. The Morgan fingerprint density at radius 1 is 1.21 bits per heavy atom. The van der Waals surface area contributed by atoms with Crippen LogP contribution in [-0.4, -0.2) is 41.0 Å². The molecule has 1 N–H and O–H groups in total. The minimum Gasteiger partial charge on any atom is -0.461 e. The van der Waals surface area contributed by atoms with Gasteiger partial charge < -0.3 is 14.5 Å². The normalized spacial score (nSPS) is 10.3. The van der Waals surface area contributed by atoms with Crippen LogP contribution in [0.3, 0.4) is 0 Å². The molecule has 1 rings (SSSR count). The molecule has 1 heterocycles. The Hall–Kier alpha value is -1.56. The molecule has 0 aromatic carbocycles. The number of nitrogens with one attached hydrogen (secondary N) is 1. The fraction of sp³-hybridized carbons (Fsp3) is 0.583. The number of alkyl halides is 1. The molecule has 1 aromatic rings. The van der Waals surface area contributed by atoms with Gasteiger partial charge in [-0.05, 0) is 20.3 Å². The monoisotopic (exact) mass is 288 g/mol. The van der Waals surface area contributed by atoms with Crippen molar-refractivity contribution in [1.82, 2.24) is 9.97 Å². The summed E-state index contributed by atoms with van der Waals surface area (Å²) in [5.74, 6) is -0.259. The fourth-order valence-electron chi connectivity index (χ4n) is 1.47. The second-order valence-electron chi connectivity index (χ2n) is 3.64. The maximum atomic E-state index is 11.7. The van der Waals surface area contributed by atoms with Gasteiger partial charge in [0.15, 0.2) is 11.4 Å². The highest BCUT2D eigenvalue weighted by atomic mass is 35.5. The van der Waals surface area contributed by atoms with E-state index in [2.05, 4.69) is 9.97 Å². The number of aryl methyl sites for hydroxylation is 1. The van der Waals surface area contributed by atoms with Crippen molar-refractivity contribution in [1.29, 1.82) is 0 Å². The number of rotatable bonds is 7. The SMILES string of the molecule is CCOC(=O)c1nc(CCCCl)[nH]c1C(=O)OCC. The van der Waals surface area contributed by atoms with Crippen molar-refractivity contribution >= 4 is 23.5 Å². The van der Waals surface area contributed by atoms with Gasteiger partial charge in [-0.1, -0.05) is 0 Å². The Morgan fingerprint density at radius 2 is 1.84 bits per heavy atom. The van der Waals surface area contributed by atoms with Gasteiger partial charge in [0.2, 0.25) is 0 Å². The van der Waals surface area contributed by atoms with Crippen LogP contribution in [0.15, 0.2) is 0 Å². The molecule has 1 aromatic heterocycles. The Bertz CT molecular complexity index is 409. The molecule has 0 atom stereocenters. The molecule has 7 heteroatoms. The molecule has 0 aliphatic carbocycles. The zero-order chi connectivity index (χ0) is 14.3. The average molecular weight is 289 g/mol. The van der Waals surface area contributed by atoms with Crippen LogP contribution in [0.5, 0.6) is 0 Å². The van der Waals surface area contributed by atoms with Gasteiger partial charge in [-0.25, -0.2) is 14.6 Å². The molecule has 6 nitrogen and oxygen atoms in total. The Kier molecular flexibility index (Phi) is 6.35. The molecule has 0 spiro atoms. The number of hydrogen-bond acceptors (Lipinski definition) is 5. The summed E-state index contributed by atoms with van der Waals surface area (Å²) >= 11 is 5.60. The maximum absolute atomic E-state index is 11.7. The lowest BCUT2D eigenvalue weighted by molar-refractivity contribution is 0.0471. The first-order valence-electron chi connectivity index (χ1n) is 6.13. The van der Waals surface area contributed by atoms with Crippen molar-refractivity contribution in [3.8, 4) is 0 Å². The van der Waals surface area contributed by atoms with Gasteiger partial charge >= 0.3 is 11.9 Å². The second-order valence-corrected chi connectivity index (χ2v) is 4.02. The number of imidazole rings is 1. The quantitative estimate of drug-likeness (QED) is 0.612. The summed E-state index contributed by atoms with van der Waals surface area (Å²) < 4.78 is 9.73. The first kappa shape index (κ1) is 15.5. The molecule has 0 bridgehead atoms. The lowest BCUT2D eigenvalue weighted by Gasteiger charge is -2.01. The summed E-state index contributed by atoms with van der Waals surface area (Å²) in [7, 11) is 0. The van der Waals surface area contributed by atoms with Crippen LogP contribution in [-0.2, 0) is 15.9 Å². The standard InChI is InChI=1S/C12H17ClN2O4/c1-3-18-11(16)9-10(12(17)19-4-2)15-8(14-9)6-5-7-13/h3-7H2,1-2H3,(H,14,15). The van der Waals surface area contributed by atoms with Crippen LogP contribution < -0.4 is 0 Å². The summed E-state index contributed by atoms with van der Waals surface area (Å²) in [5, 5.41) is 0. The summed E-state index contributed by atoms with van der Waals surface area (Å²) in [6.07, 6.45) is 1.24. The average Bonchev–Trinajstić information content (AvgIpc) is 2.81. The lowest BCUT2D eigenvalue weighted by atomic mass is 10.3. The molecule has 0 saturated heterocycles. The molecule has 106 valence electrons. The number of aromatic amines is 1. The van der Waals surface area contributed by atoms with Crippen molar-refractivity contribution < 1.29 is 19.1 Å². The van der Waals surface area contributed by atoms with E-state index in [0.29, 0.717) is 24.5 Å². The van der Waals surface area contributed by atoms with Crippen molar-refractivity contribution in [3.63, 3.8) is 0 Å². The van der Waals surface area contributed by atoms with E-state index in [4.69, 9.17) is 21.1 Å². The summed E-state index contributed by atoms with van der Waals surface area (Å²) in [6.45, 7) is 3.80. The topological polar surface area (TPSA) is 81.3 Å². The molecule has 0 aliphatic rings. The van der Waals surface area contributed by atoms with E-state index in [-0.39, 0.29) is 24.6 Å². The zero-order valence-corrected chi connectivity index (χ0v) is 11.7. The van der Waals surface area contributed by atoms with E-state index in [1.54, 1.807) is 13.8 Å². The van der Waals surface area contributed by atoms with Crippen LogP contribution in [0.4, 0.5) is 0 Å². The van der Waals surface area contributed by atoms with Crippen LogP contribution in [0.25, 0.3) is 0 Å². The molecule has 0 fully saturated rings. The van der Waals surface area contributed by atoms with Gasteiger partial charge in [0.25, 0.3) is 0 Å². The number of nitrogens with zero attached hydrogens (tertiary/aromatic N) is 1. The Labute approximate surface area is 116 Å². The van der Waals surface area contributed by atoms with Gasteiger partial charge in [-0.2, -0.15) is 0 Å². The fourth-order valence-corrected chi connectivity index (χ4v) is 1.61. The minimum atomic E-state index is -0.640. The zero-order valence-electron chi connectivity index (χ0n) is 11.0. The second kappa shape index (κ2) is 7.78. The molecule has 0 aliphatic heterocycles. The van der Waals surface area contributed by atoms with Gasteiger partial charge in [-0.15, -0.1) is 11.6 Å². The molecular weight excluding hydrogens is 272 g/mol. The third-order valence-electron chi connectivity index (χ3n) is 2.25. The predicted molar refractivity (Wildman–Crippen MR) is 69.5 cm³/mol. The maximum Gasteiger partial charge on any atom is 0.359 e. The van der Waals surface area contributed by atoms with Crippen molar-refractivity contribution in [2.75, 3.05) is 19.1 Å². The number of hydrogen-bond donors (Lipinski definition) is 1. The van der Waals surface area contributed by atoms with E-state index < -0.39 is 11.9 Å². The molecule has 0 radical (unpaired) electrons. The first-order chi connectivity index (χ1) is 9.13. The van der Waals surface area contributed by atoms with Crippen molar-refractivity contribution in [3.05, 3.63) is 17.2 Å².